The summed E-state index contributed by atoms with van der Waals surface area (Å²) in [4.78, 5) is 11.3. The molecule has 3 aliphatic carbocycles. The lowest BCUT2D eigenvalue weighted by molar-refractivity contribution is -0.139. The molecule has 0 amide bonds. The molecule has 2 nitrogen and oxygen atoms in total. The van der Waals surface area contributed by atoms with E-state index in [-0.39, 0.29) is 0 Å². The van der Waals surface area contributed by atoms with Crippen molar-refractivity contribution < 1.29 is 9.53 Å². The number of ketones is 1. The zero-order valence-electron chi connectivity index (χ0n) is 6.25. The molecule has 4 rings (SSSR count). The lowest BCUT2D eigenvalue weighted by atomic mass is 9.69. The van der Waals surface area contributed by atoms with Gasteiger partial charge in [-0.05, 0) is 12.8 Å². The molecule has 3 saturated carbocycles. The van der Waals surface area contributed by atoms with Gasteiger partial charge in [0.25, 0.3) is 0 Å². The van der Waals surface area contributed by atoms with Crippen LogP contribution in [-0.2, 0) is 9.53 Å². The molecule has 2 heteroatoms. The minimum atomic E-state index is 0.394. The summed E-state index contributed by atoms with van der Waals surface area (Å²) in [6.07, 6.45) is 4.39. The standard InChI is InChI=1S/C9H10O2/c10-5-3-4-6(5)9(1-2-9)8-7(4)11-8/h4,6-8H,1-3H2. The maximum atomic E-state index is 11.3. The molecule has 1 spiro atoms. The van der Waals surface area contributed by atoms with Crippen molar-refractivity contribution in [1.82, 2.24) is 0 Å². The van der Waals surface area contributed by atoms with Crippen molar-refractivity contribution >= 4 is 5.78 Å². The van der Waals surface area contributed by atoms with Crippen molar-refractivity contribution in [2.45, 2.75) is 31.5 Å². The molecule has 0 bridgehead atoms. The van der Waals surface area contributed by atoms with E-state index in [1.165, 1.54) is 12.8 Å². The van der Waals surface area contributed by atoms with Crippen LogP contribution in [0, 0.1) is 17.3 Å². The number of rotatable bonds is 0. The molecule has 58 valence electrons. The zero-order chi connectivity index (χ0) is 7.22. The molecule has 1 aliphatic heterocycles. The van der Waals surface area contributed by atoms with Crippen molar-refractivity contribution in [1.29, 1.82) is 0 Å². The maximum Gasteiger partial charge on any atom is 0.137 e. The lowest BCUT2D eigenvalue weighted by Gasteiger charge is -2.34. The molecule has 0 radical (unpaired) electrons. The first-order chi connectivity index (χ1) is 5.33. The molecule has 4 atom stereocenters. The summed E-state index contributed by atoms with van der Waals surface area (Å²) in [5.74, 6) is 1.63. The third-order valence-corrected chi connectivity index (χ3v) is 4.17. The van der Waals surface area contributed by atoms with Gasteiger partial charge in [0.1, 0.15) is 5.78 Å². The van der Waals surface area contributed by atoms with Gasteiger partial charge < -0.3 is 4.74 Å². The summed E-state index contributed by atoms with van der Waals surface area (Å²) in [5, 5.41) is 0. The number of epoxide rings is 1. The van der Waals surface area contributed by atoms with Gasteiger partial charge in [0.15, 0.2) is 0 Å². The molecule has 1 heterocycles. The third-order valence-electron chi connectivity index (χ3n) is 4.17. The Labute approximate surface area is 64.9 Å². The molecule has 4 fully saturated rings. The minimum Gasteiger partial charge on any atom is -0.369 e. The van der Waals surface area contributed by atoms with Crippen LogP contribution in [0.5, 0.6) is 0 Å². The van der Waals surface area contributed by atoms with Crippen molar-refractivity contribution in [3.63, 3.8) is 0 Å². The number of hydrogen-bond donors (Lipinski definition) is 0. The van der Waals surface area contributed by atoms with Crippen LogP contribution in [0.25, 0.3) is 0 Å². The van der Waals surface area contributed by atoms with E-state index in [0.717, 1.165) is 6.42 Å². The molecule has 4 aliphatic rings. The first-order valence-electron chi connectivity index (χ1n) is 4.51. The van der Waals surface area contributed by atoms with E-state index in [4.69, 9.17) is 4.74 Å². The van der Waals surface area contributed by atoms with Crippen LogP contribution in [0.4, 0.5) is 0 Å². The van der Waals surface area contributed by atoms with Gasteiger partial charge in [-0.2, -0.15) is 0 Å². The van der Waals surface area contributed by atoms with Gasteiger partial charge in [0.05, 0.1) is 12.2 Å². The molecule has 0 aromatic rings. The first-order valence-corrected chi connectivity index (χ1v) is 4.51. The van der Waals surface area contributed by atoms with Crippen LogP contribution in [0.2, 0.25) is 0 Å². The van der Waals surface area contributed by atoms with E-state index >= 15 is 0 Å². The second-order valence-corrected chi connectivity index (χ2v) is 4.57. The highest BCUT2D eigenvalue weighted by Gasteiger charge is 2.79. The molecule has 0 aromatic heterocycles. The van der Waals surface area contributed by atoms with Crippen molar-refractivity contribution in [3.05, 3.63) is 0 Å². The van der Waals surface area contributed by atoms with Crippen LogP contribution in [0.15, 0.2) is 0 Å². The summed E-state index contributed by atoms with van der Waals surface area (Å²) >= 11 is 0. The predicted molar refractivity (Wildman–Crippen MR) is 36.9 cm³/mol. The number of carbonyl (C=O) groups excluding carboxylic acids is 1. The van der Waals surface area contributed by atoms with E-state index in [1.54, 1.807) is 0 Å². The average Bonchev–Trinajstić information content (AvgIpc) is 2.72. The van der Waals surface area contributed by atoms with Gasteiger partial charge in [0, 0.05) is 23.7 Å². The molecule has 1 saturated heterocycles. The minimum absolute atomic E-state index is 0.394. The number of hydrogen-bond acceptors (Lipinski definition) is 2. The highest BCUT2D eigenvalue weighted by Crippen LogP contribution is 2.74. The fourth-order valence-corrected chi connectivity index (χ4v) is 3.44. The van der Waals surface area contributed by atoms with Gasteiger partial charge in [-0.25, -0.2) is 0 Å². The Morgan fingerprint density at radius 1 is 1.45 bits per heavy atom. The Morgan fingerprint density at radius 3 is 2.82 bits per heavy atom. The van der Waals surface area contributed by atoms with Crippen LogP contribution < -0.4 is 0 Å². The monoisotopic (exact) mass is 150 g/mol. The van der Waals surface area contributed by atoms with Gasteiger partial charge in [-0.15, -0.1) is 0 Å². The van der Waals surface area contributed by atoms with Gasteiger partial charge >= 0.3 is 0 Å². The smallest absolute Gasteiger partial charge is 0.137 e. The van der Waals surface area contributed by atoms with E-state index in [0.29, 0.717) is 35.2 Å². The third kappa shape index (κ3) is 0.376. The Morgan fingerprint density at radius 2 is 2.27 bits per heavy atom. The zero-order valence-corrected chi connectivity index (χ0v) is 6.25. The predicted octanol–water partition coefficient (Wildman–Crippen LogP) is 0.753. The average molecular weight is 150 g/mol. The van der Waals surface area contributed by atoms with Crippen LogP contribution in [0.3, 0.4) is 0 Å². The largest absolute Gasteiger partial charge is 0.369 e. The van der Waals surface area contributed by atoms with E-state index < -0.39 is 0 Å². The van der Waals surface area contributed by atoms with Crippen molar-refractivity contribution in [3.8, 4) is 0 Å². The summed E-state index contributed by atoms with van der Waals surface area (Å²) in [5.41, 5.74) is 0.394. The van der Waals surface area contributed by atoms with E-state index in [2.05, 4.69) is 0 Å². The second-order valence-electron chi connectivity index (χ2n) is 4.57. The van der Waals surface area contributed by atoms with Crippen LogP contribution in [0.1, 0.15) is 19.3 Å². The highest BCUT2D eigenvalue weighted by molar-refractivity contribution is 5.90. The Bertz CT molecular complexity index is 267. The summed E-state index contributed by atoms with van der Waals surface area (Å²) in [7, 11) is 0. The topological polar surface area (TPSA) is 29.6 Å². The Kier molecular flexibility index (Phi) is 0.570. The number of fused-ring (bicyclic) bond motifs is 5. The quantitative estimate of drug-likeness (QED) is 0.477. The molecule has 0 aromatic carbocycles. The molecular weight excluding hydrogens is 140 g/mol. The summed E-state index contributed by atoms with van der Waals surface area (Å²) in [6.45, 7) is 0. The first kappa shape index (κ1) is 5.31. The second kappa shape index (κ2) is 1.18. The highest BCUT2D eigenvalue weighted by atomic mass is 16.6. The molecule has 0 N–H and O–H groups in total. The number of carbonyl (C=O) groups is 1. The lowest BCUT2D eigenvalue weighted by Crippen LogP contribution is -2.41. The van der Waals surface area contributed by atoms with Crippen LogP contribution >= 0.6 is 0 Å². The van der Waals surface area contributed by atoms with Gasteiger partial charge in [-0.1, -0.05) is 0 Å². The fourth-order valence-electron chi connectivity index (χ4n) is 3.44. The number of Topliss-reactive ketones (excluding diaryl/α,β-unsaturated/α-hetero) is 1. The Hall–Kier alpha value is -0.370. The SMILES string of the molecule is O=C1CC2C3OC3C3(CC3)C12. The van der Waals surface area contributed by atoms with Gasteiger partial charge in [-0.3, -0.25) is 4.79 Å². The fraction of sp³-hybridized carbons (Fsp3) is 0.889. The number of ether oxygens (including phenoxy) is 1. The van der Waals surface area contributed by atoms with E-state index in [1.807, 2.05) is 0 Å². The van der Waals surface area contributed by atoms with Crippen molar-refractivity contribution in [2.75, 3.05) is 0 Å². The normalized spacial score (nSPS) is 60.2. The Balaban J connectivity index is 1.84. The van der Waals surface area contributed by atoms with Gasteiger partial charge in [0.2, 0.25) is 0 Å². The van der Waals surface area contributed by atoms with Crippen molar-refractivity contribution in [2.24, 2.45) is 17.3 Å². The maximum absolute atomic E-state index is 11.3. The van der Waals surface area contributed by atoms with Crippen LogP contribution in [-0.4, -0.2) is 18.0 Å². The molecule has 11 heavy (non-hydrogen) atoms. The summed E-state index contributed by atoms with van der Waals surface area (Å²) in [6, 6.07) is 0. The molecular formula is C9H10O2. The van der Waals surface area contributed by atoms with E-state index in [9.17, 15) is 4.79 Å². The summed E-state index contributed by atoms with van der Waals surface area (Å²) < 4.78 is 5.56. The molecule has 4 unspecified atom stereocenters.